The van der Waals surface area contributed by atoms with E-state index < -0.39 is 0 Å². The Morgan fingerprint density at radius 3 is 2.77 bits per heavy atom. The number of ether oxygens (including phenoxy) is 2. The molecule has 5 nitrogen and oxygen atoms in total. The molecule has 3 fully saturated rings. The van der Waals surface area contributed by atoms with Crippen molar-refractivity contribution in [3.8, 4) is 11.5 Å². The Balaban J connectivity index is 1.67. The molecule has 6 rings (SSSR count). The highest BCUT2D eigenvalue weighted by molar-refractivity contribution is 6.01. The van der Waals surface area contributed by atoms with Crippen molar-refractivity contribution < 1.29 is 14.3 Å². The molecule has 1 saturated carbocycles. The molecule has 4 aliphatic heterocycles. The minimum Gasteiger partial charge on any atom is -0.493 e. The standard InChI is InChI=1S/C21H24N2O3/c1-25-17-10-14-13-5-9-22-8-3-6-20-7-4-15(13)21(20,22)23(19(24)12-20)16(14)11-18(17)26-2/h3,6,10-11,13,15H,4-5,7-9,12H2,1-2H3/t13-,15-,20-,21+/m0/s1. The Kier molecular flexibility index (Phi) is 2.69. The monoisotopic (exact) mass is 352 g/mol. The van der Waals surface area contributed by atoms with Crippen LogP contribution < -0.4 is 14.4 Å². The van der Waals surface area contributed by atoms with Gasteiger partial charge in [-0.05, 0) is 36.8 Å². The highest BCUT2D eigenvalue weighted by atomic mass is 16.5. The average Bonchev–Trinajstić information content (AvgIpc) is 3.12. The maximum absolute atomic E-state index is 13.3. The van der Waals surface area contributed by atoms with Crippen molar-refractivity contribution in [3.63, 3.8) is 0 Å². The summed E-state index contributed by atoms with van der Waals surface area (Å²) < 4.78 is 11.2. The molecule has 1 aromatic carbocycles. The molecular weight excluding hydrogens is 328 g/mol. The Bertz CT molecular complexity index is 865. The van der Waals surface area contributed by atoms with E-state index in [2.05, 4.69) is 28.0 Å². The zero-order valence-electron chi connectivity index (χ0n) is 15.3. The number of rotatable bonds is 2. The third-order valence-corrected chi connectivity index (χ3v) is 7.82. The van der Waals surface area contributed by atoms with Crippen LogP contribution in [0.3, 0.4) is 0 Å². The number of amides is 1. The van der Waals surface area contributed by atoms with Crippen LogP contribution in [0, 0.1) is 11.3 Å². The molecule has 2 saturated heterocycles. The zero-order chi connectivity index (χ0) is 17.7. The lowest BCUT2D eigenvalue weighted by atomic mass is 9.63. The maximum Gasteiger partial charge on any atom is 0.229 e. The molecule has 0 unspecified atom stereocenters. The minimum atomic E-state index is -0.158. The van der Waals surface area contributed by atoms with Gasteiger partial charge in [0, 0.05) is 36.9 Å². The second-order valence-electron chi connectivity index (χ2n) is 8.44. The molecule has 26 heavy (non-hydrogen) atoms. The van der Waals surface area contributed by atoms with Gasteiger partial charge in [-0.15, -0.1) is 0 Å². The van der Waals surface area contributed by atoms with Gasteiger partial charge < -0.3 is 9.47 Å². The lowest BCUT2D eigenvalue weighted by Gasteiger charge is -2.63. The molecule has 1 spiro atoms. The number of benzene rings is 1. The van der Waals surface area contributed by atoms with E-state index in [4.69, 9.17) is 9.47 Å². The van der Waals surface area contributed by atoms with Gasteiger partial charge in [-0.3, -0.25) is 14.6 Å². The summed E-state index contributed by atoms with van der Waals surface area (Å²) in [5, 5.41) is 0. The van der Waals surface area contributed by atoms with Crippen LogP contribution in [0.15, 0.2) is 24.3 Å². The number of nitrogens with zero attached hydrogens (tertiary/aromatic N) is 2. The number of methoxy groups -OCH3 is 2. The summed E-state index contributed by atoms with van der Waals surface area (Å²) in [4.78, 5) is 18.1. The first kappa shape index (κ1) is 15.1. The number of hydrogen-bond donors (Lipinski definition) is 0. The molecule has 0 radical (unpaired) electrons. The number of fused-ring (bicyclic) bond motifs is 3. The van der Waals surface area contributed by atoms with Crippen molar-refractivity contribution in [2.45, 2.75) is 37.3 Å². The van der Waals surface area contributed by atoms with Gasteiger partial charge in [-0.25, -0.2) is 0 Å². The number of piperidine rings is 1. The van der Waals surface area contributed by atoms with Crippen molar-refractivity contribution in [2.24, 2.45) is 11.3 Å². The SMILES string of the molecule is COc1cc2c(cc1OC)N1C(=O)C[C@]34C=CCN5CC[C@@H]2[C@H](CC3)[C@@]514. The van der Waals surface area contributed by atoms with Crippen molar-refractivity contribution in [2.75, 3.05) is 32.2 Å². The van der Waals surface area contributed by atoms with Crippen LogP contribution in [-0.2, 0) is 4.79 Å². The van der Waals surface area contributed by atoms with Crippen molar-refractivity contribution in [1.82, 2.24) is 4.90 Å². The number of hydrogen-bond acceptors (Lipinski definition) is 4. The lowest BCUT2D eigenvalue weighted by Crippen LogP contribution is -2.72. The molecular formula is C21H24N2O3. The second-order valence-corrected chi connectivity index (χ2v) is 8.44. The van der Waals surface area contributed by atoms with E-state index in [-0.39, 0.29) is 17.0 Å². The molecule has 0 N–H and O–H groups in total. The Labute approximate surface area is 153 Å². The van der Waals surface area contributed by atoms with Crippen LogP contribution in [0.25, 0.3) is 0 Å². The van der Waals surface area contributed by atoms with E-state index >= 15 is 0 Å². The lowest BCUT2D eigenvalue weighted by molar-refractivity contribution is -0.119. The van der Waals surface area contributed by atoms with Gasteiger partial charge in [0.1, 0.15) is 5.66 Å². The highest BCUT2D eigenvalue weighted by Gasteiger charge is 2.75. The van der Waals surface area contributed by atoms with E-state index in [1.807, 2.05) is 6.07 Å². The summed E-state index contributed by atoms with van der Waals surface area (Å²) >= 11 is 0. The van der Waals surface area contributed by atoms with E-state index in [1.54, 1.807) is 14.2 Å². The predicted octanol–water partition coefficient (Wildman–Crippen LogP) is 2.91. The third kappa shape index (κ3) is 1.37. The van der Waals surface area contributed by atoms with Crippen LogP contribution in [0.2, 0.25) is 0 Å². The molecule has 136 valence electrons. The summed E-state index contributed by atoms with van der Waals surface area (Å²) in [7, 11) is 3.35. The van der Waals surface area contributed by atoms with E-state index in [0.29, 0.717) is 24.0 Å². The minimum absolute atomic E-state index is 0.0173. The van der Waals surface area contributed by atoms with Gasteiger partial charge in [0.2, 0.25) is 5.91 Å². The van der Waals surface area contributed by atoms with Crippen LogP contribution in [-0.4, -0.2) is 43.8 Å². The number of anilines is 1. The molecule has 5 aliphatic rings. The van der Waals surface area contributed by atoms with Gasteiger partial charge in [-0.1, -0.05) is 12.2 Å². The van der Waals surface area contributed by atoms with Crippen molar-refractivity contribution in [1.29, 1.82) is 0 Å². The first-order valence-corrected chi connectivity index (χ1v) is 9.68. The largest absolute Gasteiger partial charge is 0.493 e. The van der Waals surface area contributed by atoms with Gasteiger partial charge in [0.25, 0.3) is 0 Å². The first-order valence-electron chi connectivity index (χ1n) is 9.68. The Morgan fingerprint density at radius 1 is 1.15 bits per heavy atom. The Hall–Kier alpha value is -2.01. The van der Waals surface area contributed by atoms with E-state index in [9.17, 15) is 4.79 Å². The molecule has 1 amide bonds. The molecule has 1 aromatic rings. The number of carbonyl (C=O) groups is 1. The van der Waals surface area contributed by atoms with Crippen molar-refractivity contribution >= 4 is 11.6 Å². The molecule has 5 heteroatoms. The van der Waals surface area contributed by atoms with Crippen LogP contribution in [0.1, 0.15) is 37.2 Å². The third-order valence-electron chi connectivity index (χ3n) is 7.82. The van der Waals surface area contributed by atoms with Crippen molar-refractivity contribution in [3.05, 3.63) is 29.8 Å². The molecule has 0 aromatic heterocycles. The topological polar surface area (TPSA) is 42.0 Å². The summed E-state index contributed by atoms with van der Waals surface area (Å²) in [5.41, 5.74) is 2.15. The summed E-state index contributed by atoms with van der Waals surface area (Å²) in [6.45, 7) is 2.02. The summed E-state index contributed by atoms with van der Waals surface area (Å²) in [6, 6.07) is 4.17. The summed E-state index contributed by atoms with van der Waals surface area (Å²) in [6.07, 6.45) is 8.79. The van der Waals surface area contributed by atoms with Crippen LogP contribution >= 0.6 is 0 Å². The maximum atomic E-state index is 13.3. The van der Waals surface area contributed by atoms with Crippen LogP contribution in [0.5, 0.6) is 11.5 Å². The van der Waals surface area contributed by atoms with Gasteiger partial charge in [-0.2, -0.15) is 0 Å². The van der Waals surface area contributed by atoms with E-state index in [0.717, 1.165) is 37.4 Å². The summed E-state index contributed by atoms with van der Waals surface area (Å²) in [5.74, 6) is 2.75. The first-order chi connectivity index (χ1) is 12.7. The van der Waals surface area contributed by atoms with Crippen LogP contribution in [0.4, 0.5) is 5.69 Å². The molecule has 1 aliphatic carbocycles. The molecule has 4 heterocycles. The fourth-order valence-corrected chi connectivity index (χ4v) is 7.12. The fraction of sp³-hybridized carbons (Fsp3) is 0.571. The smallest absolute Gasteiger partial charge is 0.229 e. The normalized spacial score (nSPS) is 39.0. The molecule has 2 bridgehead atoms. The average molecular weight is 352 g/mol. The Morgan fingerprint density at radius 2 is 1.96 bits per heavy atom. The second kappa shape index (κ2) is 4.63. The number of carbonyl (C=O) groups excluding carboxylic acids is 1. The highest BCUT2D eigenvalue weighted by Crippen LogP contribution is 2.71. The molecule has 4 atom stereocenters. The quantitative estimate of drug-likeness (QED) is 0.768. The fourth-order valence-electron chi connectivity index (χ4n) is 7.12. The van der Waals surface area contributed by atoms with E-state index in [1.165, 1.54) is 12.0 Å². The van der Waals surface area contributed by atoms with Gasteiger partial charge in [0.15, 0.2) is 11.5 Å². The van der Waals surface area contributed by atoms with Gasteiger partial charge >= 0.3 is 0 Å². The van der Waals surface area contributed by atoms with Gasteiger partial charge in [0.05, 0.1) is 19.9 Å². The zero-order valence-corrected chi connectivity index (χ0v) is 15.3. The predicted molar refractivity (Wildman–Crippen MR) is 97.6 cm³/mol.